The molecule has 0 saturated carbocycles. The molecule has 0 unspecified atom stereocenters. The largest absolute Gasteiger partial charge is 0.497 e. The molecule has 0 amide bonds. The van der Waals surface area contributed by atoms with Crippen LogP contribution in [0.1, 0.15) is 21.5 Å². The maximum Gasteiger partial charge on any atom is 0.336 e. The first-order valence-electron chi connectivity index (χ1n) is 9.66. The summed E-state index contributed by atoms with van der Waals surface area (Å²) in [6, 6.07) is 20.8. The summed E-state index contributed by atoms with van der Waals surface area (Å²) in [5, 5.41) is 10.1. The standard InChI is InChI=1S/C25H20O6/c1-29-19-10-7-17(8-11-19)24(26)20(13-16-5-3-2-4-6-16)23(25(27)28)18-9-12-21-22(14-18)31-15-30-21/h2-12,14H,13,15H2,1H3,(H,27,28)/b23-20-. The highest BCUT2D eigenvalue weighted by molar-refractivity contribution is 6.26. The lowest BCUT2D eigenvalue weighted by Crippen LogP contribution is -2.14. The van der Waals surface area contributed by atoms with Crippen LogP contribution in [0, 0.1) is 0 Å². The third-order valence-corrected chi connectivity index (χ3v) is 5.03. The maximum atomic E-state index is 13.5. The Kier molecular flexibility index (Phi) is 5.71. The van der Waals surface area contributed by atoms with Gasteiger partial charge < -0.3 is 19.3 Å². The van der Waals surface area contributed by atoms with Crippen LogP contribution in [0.4, 0.5) is 0 Å². The maximum absolute atomic E-state index is 13.5. The summed E-state index contributed by atoms with van der Waals surface area (Å²) in [5.41, 5.74) is 1.71. The number of rotatable bonds is 7. The van der Waals surface area contributed by atoms with Crippen molar-refractivity contribution in [1.82, 2.24) is 0 Å². The predicted octanol–water partition coefficient (Wildman–Crippen LogP) is 4.39. The number of aliphatic carboxylic acids is 1. The van der Waals surface area contributed by atoms with Crippen molar-refractivity contribution in [2.24, 2.45) is 0 Å². The Morgan fingerprint density at radius 1 is 0.903 bits per heavy atom. The second-order valence-electron chi connectivity index (χ2n) is 6.95. The molecular formula is C25H20O6. The second-order valence-corrected chi connectivity index (χ2v) is 6.95. The smallest absolute Gasteiger partial charge is 0.336 e. The molecule has 0 bridgehead atoms. The van der Waals surface area contributed by atoms with Crippen LogP contribution < -0.4 is 14.2 Å². The number of carboxylic acids is 1. The molecule has 0 aromatic heterocycles. The lowest BCUT2D eigenvalue weighted by atomic mass is 9.89. The SMILES string of the molecule is COc1ccc(C(=O)/C(Cc2ccccc2)=C(\C(=O)O)c2ccc3c(c2)OCO3)cc1. The van der Waals surface area contributed by atoms with Crippen LogP contribution in [0.3, 0.4) is 0 Å². The van der Waals surface area contributed by atoms with Crippen molar-refractivity contribution in [3.8, 4) is 17.2 Å². The average Bonchev–Trinajstić information content (AvgIpc) is 3.27. The first-order valence-corrected chi connectivity index (χ1v) is 9.66. The topological polar surface area (TPSA) is 82.1 Å². The number of ether oxygens (including phenoxy) is 3. The number of allylic oxidation sites excluding steroid dienone is 1. The third kappa shape index (κ3) is 4.28. The normalized spacial score (nSPS) is 12.8. The molecule has 0 aliphatic carbocycles. The fraction of sp³-hybridized carbons (Fsp3) is 0.120. The number of hydrogen-bond acceptors (Lipinski definition) is 5. The van der Waals surface area contributed by atoms with E-state index in [0.29, 0.717) is 28.4 Å². The highest BCUT2D eigenvalue weighted by Gasteiger charge is 2.25. The number of hydrogen-bond donors (Lipinski definition) is 1. The summed E-state index contributed by atoms with van der Waals surface area (Å²) in [7, 11) is 1.54. The van der Waals surface area contributed by atoms with Gasteiger partial charge in [0.15, 0.2) is 17.3 Å². The molecule has 0 fully saturated rings. The highest BCUT2D eigenvalue weighted by atomic mass is 16.7. The van der Waals surface area contributed by atoms with Crippen molar-refractivity contribution in [3.63, 3.8) is 0 Å². The van der Waals surface area contributed by atoms with E-state index >= 15 is 0 Å². The Labute approximate surface area is 179 Å². The van der Waals surface area contributed by atoms with Gasteiger partial charge in [-0.05, 0) is 47.5 Å². The van der Waals surface area contributed by atoms with Gasteiger partial charge in [0.1, 0.15) is 5.75 Å². The van der Waals surface area contributed by atoms with E-state index in [1.807, 2.05) is 30.3 Å². The summed E-state index contributed by atoms with van der Waals surface area (Å²) in [5.74, 6) is 0.0550. The summed E-state index contributed by atoms with van der Waals surface area (Å²) in [6.07, 6.45) is 0.168. The summed E-state index contributed by atoms with van der Waals surface area (Å²) < 4.78 is 15.9. The Morgan fingerprint density at radius 2 is 1.58 bits per heavy atom. The quantitative estimate of drug-likeness (QED) is 0.454. The van der Waals surface area contributed by atoms with E-state index in [0.717, 1.165) is 5.56 Å². The zero-order valence-corrected chi connectivity index (χ0v) is 16.8. The lowest BCUT2D eigenvalue weighted by molar-refractivity contribution is -0.130. The van der Waals surface area contributed by atoms with E-state index in [1.165, 1.54) is 0 Å². The fourth-order valence-electron chi connectivity index (χ4n) is 3.48. The Hall–Kier alpha value is -4.06. The Balaban J connectivity index is 1.86. The van der Waals surface area contributed by atoms with Crippen molar-refractivity contribution in [3.05, 3.63) is 95.1 Å². The number of fused-ring (bicyclic) bond motifs is 1. The molecule has 4 rings (SSSR count). The van der Waals surface area contributed by atoms with Gasteiger partial charge in [0.05, 0.1) is 12.7 Å². The molecule has 6 heteroatoms. The molecule has 0 saturated heterocycles. The van der Waals surface area contributed by atoms with E-state index in [-0.39, 0.29) is 30.1 Å². The van der Waals surface area contributed by atoms with Crippen LogP contribution in [0.2, 0.25) is 0 Å². The lowest BCUT2D eigenvalue weighted by Gasteiger charge is -2.14. The monoisotopic (exact) mass is 416 g/mol. The minimum absolute atomic E-state index is 0.0667. The number of carboxylic acid groups (broad SMARTS) is 1. The number of benzene rings is 3. The van der Waals surface area contributed by atoms with E-state index < -0.39 is 5.97 Å². The van der Waals surface area contributed by atoms with Gasteiger partial charge in [-0.15, -0.1) is 0 Å². The average molecular weight is 416 g/mol. The van der Waals surface area contributed by atoms with Crippen LogP contribution in [-0.2, 0) is 11.2 Å². The van der Waals surface area contributed by atoms with Crippen molar-refractivity contribution in [2.45, 2.75) is 6.42 Å². The Bertz CT molecular complexity index is 1150. The van der Waals surface area contributed by atoms with Gasteiger partial charge in [0.25, 0.3) is 0 Å². The minimum atomic E-state index is -1.19. The zero-order valence-electron chi connectivity index (χ0n) is 16.8. The summed E-state index contributed by atoms with van der Waals surface area (Å²) in [4.78, 5) is 25.8. The molecule has 156 valence electrons. The summed E-state index contributed by atoms with van der Waals surface area (Å²) in [6.45, 7) is 0.0759. The first kappa shape index (κ1) is 20.2. The fourth-order valence-corrected chi connectivity index (χ4v) is 3.48. The number of ketones is 1. The molecule has 1 aliphatic rings. The third-order valence-electron chi connectivity index (χ3n) is 5.03. The van der Waals surface area contributed by atoms with Crippen LogP contribution in [0.5, 0.6) is 17.2 Å². The van der Waals surface area contributed by atoms with Crippen molar-refractivity contribution in [1.29, 1.82) is 0 Å². The number of carbonyl (C=O) groups is 2. The number of methoxy groups -OCH3 is 1. The second kappa shape index (κ2) is 8.75. The highest BCUT2D eigenvalue weighted by Crippen LogP contribution is 2.36. The van der Waals surface area contributed by atoms with Gasteiger partial charge in [0, 0.05) is 17.6 Å². The van der Waals surface area contributed by atoms with Crippen molar-refractivity contribution < 1.29 is 28.9 Å². The van der Waals surface area contributed by atoms with Crippen molar-refractivity contribution >= 4 is 17.3 Å². The van der Waals surface area contributed by atoms with E-state index in [4.69, 9.17) is 14.2 Å². The van der Waals surface area contributed by atoms with E-state index in [9.17, 15) is 14.7 Å². The molecule has 6 nitrogen and oxygen atoms in total. The minimum Gasteiger partial charge on any atom is -0.497 e. The van der Waals surface area contributed by atoms with E-state index in [2.05, 4.69) is 0 Å². The molecule has 1 heterocycles. The number of Topliss-reactive ketones (excluding diaryl/α,β-unsaturated/α-hetero) is 1. The molecule has 3 aromatic carbocycles. The molecular weight excluding hydrogens is 396 g/mol. The van der Waals surface area contributed by atoms with Gasteiger partial charge >= 0.3 is 5.97 Å². The summed E-state index contributed by atoms with van der Waals surface area (Å²) >= 11 is 0. The van der Waals surface area contributed by atoms with Gasteiger partial charge in [-0.2, -0.15) is 0 Å². The van der Waals surface area contributed by atoms with E-state index in [1.54, 1.807) is 49.6 Å². The molecule has 1 N–H and O–H groups in total. The molecule has 1 aliphatic heterocycles. The Morgan fingerprint density at radius 3 is 2.26 bits per heavy atom. The van der Waals surface area contributed by atoms with Crippen molar-refractivity contribution in [2.75, 3.05) is 13.9 Å². The van der Waals surface area contributed by atoms with Crippen LogP contribution >= 0.6 is 0 Å². The first-order chi connectivity index (χ1) is 15.1. The molecule has 31 heavy (non-hydrogen) atoms. The van der Waals surface area contributed by atoms with Crippen LogP contribution in [0.15, 0.2) is 78.4 Å². The molecule has 3 aromatic rings. The molecule has 0 radical (unpaired) electrons. The predicted molar refractivity (Wildman–Crippen MR) is 115 cm³/mol. The van der Waals surface area contributed by atoms with Gasteiger partial charge in [-0.3, -0.25) is 4.79 Å². The van der Waals surface area contributed by atoms with Gasteiger partial charge in [-0.25, -0.2) is 4.79 Å². The van der Waals surface area contributed by atoms with Gasteiger partial charge in [0.2, 0.25) is 6.79 Å². The number of carbonyl (C=O) groups excluding carboxylic acids is 1. The van der Waals surface area contributed by atoms with Crippen LogP contribution in [0.25, 0.3) is 5.57 Å². The van der Waals surface area contributed by atoms with Crippen LogP contribution in [-0.4, -0.2) is 30.8 Å². The van der Waals surface area contributed by atoms with Gasteiger partial charge in [-0.1, -0.05) is 36.4 Å². The zero-order chi connectivity index (χ0) is 21.8. The molecule has 0 spiro atoms. The molecule has 0 atom stereocenters.